The van der Waals surface area contributed by atoms with Crippen LogP contribution in [0, 0.1) is 13.8 Å². The number of hydrogen-bond donors (Lipinski definition) is 2. The van der Waals surface area contributed by atoms with Crippen molar-refractivity contribution in [2.24, 2.45) is 17.9 Å². The minimum Gasteiger partial charge on any atom is -0.409 e. The van der Waals surface area contributed by atoms with Crippen LogP contribution >= 0.6 is 11.8 Å². The van der Waals surface area contributed by atoms with Crippen LogP contribution in [0.25, 0.3) is 0 Å². The highest BCUT2D eigenvalue weighted by Gasteiger charge is 2.18. The summed E-state index contributed by atoms with van der Waals surface area (Å²) >= 11 is 1.26. The monoisotopic (exact) mass is 279 g/mol. The fourth-order valence-corrected chi connectivity index (χ4v) is 2.35. The van der Waals surface area contributed by atoms with E-state index in [0.717, 1.165) is 11.3 Å². The van der Waals surface area contributed by atoms with Crippen molar-refractivity contribution in [2.45, 2.75) is 24.0 Å². The predicted molar refractivity (Wildman–Crippen MR) is 69.1 cm³/mol. The molecule has 0 unspecified atom stereocenters. The summed E-state index contributed by atoms with van der Waals surface area (Å²) in [7, 11) is 1.82. The van der Waals surface area contributed by atoms with E-state index in [1.165, 1.54) is 11.8 Å². The number of nitrogens with zero attached hydrogens (tertiary/aromatic N) is 6. The van der Waals surface area contributed by atoms with Gasteiger partial charge in [-0.2, -0.15) is 5.10 Å². The summed E-state index contributed by atoms with van der Waals surface area (Å²) in [5.74, 6) is 0.000156. The number of oxime groups is 1. The van der Waals surface area contributed by atoms with Gasteiger partial charge in [-0.3, -0.25) is 0 Å². The van der Waals surface area contributed by atoms with Crippen molar-refractivity contribution in [2.75, 3.05) is 0 Å². The van der Waals surface area contributed by atoms with E-state index < -0.39 is 0 Å². The molecular weight excluding hydrogens is 266 g/mol. The first kappa shape index (κ1) is 13.3. The van der Waals surface area contributed by atoms with Gasteiger partial charge >= 0.3 is 0 Å². The second-order valence-corrected chi connectivity index (χ2v) is 4.86. The molecule has 0 aromatic carbocycles. The number of rotatable bonds is 3. The lowest BCUT2D eigenvalue weighted by Crippen LogP contribution is -2.18. The van der Waals surface area contributed by atoms with Crippen molar-refractivity contribution in [1.82, 2.24) is 25.0 Å². The lowest BCUT2D eigenvalue weighted by atomic mass is 10.1. The number of hydrogen-bond acceptors (Lipinski definition) is 7. The summed E-state index contributed by atoms with van der Waals surface area (Å²) in [6.45, 7) is 3.66. The van der Waals surface area contributed by atoms with E-state index in [-0.39, 0.29) is 5.84 Å². The van der Waals surface area contributed by atoms with Gasteiger partial charge in [-0.15, -0.1) is 15.3 Å². The molecule has 0 saturated carbocycles. The van der Waals surface area contributed by atoms with Crippen LogP contribution in [-0.4, -0.2) is 36.0 Å². The number of aromatic nitrogens is 5. The van der Waals surface area contributed by atoms with E-state index in [4.69, 9.17) is 10.9 Å². The molecule has 2 aromatic heterocycles. The van der Waals surface area contributed by atoms with E-state index in [1.807, 2.05) is 20.9 Å². The lowest BCUT2D eigenvalue weighted by molar-refractivity contribution is 0.318. The van der Waals surface area contributed by atoms with E-state index in [2.05, 4.69) is 25.6 Å². The van der Waals surface area contributed by atoms with E-state index in [0.29, 0.717) is 15.7 Å². The van der Waals surface area contributed by atoms with Crippen LogP contribution in [0.15, 0.2) is 21.7 Å². The Morgan fingerprint density at radius 1 is 1.37 bits per heavy atom. The van der Waals surface area contributed by atoms with Crippen molar-refractivity contribution in [3.8, 4) is 0 Å². The molecule has 0 spiro atoms. The van der Waals surface area contributed by atoms with Gasteiger partial charge in [-0.05, 0) is 31.2 Å². The maximum absolute atomic E-state index is 8.88. The zero-order valence-corrected chi connectivity index (χ0v) is 11.5. The molecular formula is C10H13N7OS. The minimum atomic E-state index is 0.000156. The molecule has 0 radical (unpaired) electrons. The molecule has 2 aromatic rings. The fourth-order valence-electron chi connectivity index (χ4n) is 1.46. The van der Waals surface area contributed by atoms with Crippen LogP contribution in [0.1, 0.15) is 16.8 Å². The Kier molecular flexibility index (Phi) is 3.65. The number of nitrogens with two attached hydrogens (primary N) is 1. The summed E-state index contributed by atoms with van der Waals surface area (Å²) in [6.07, 6.45) is 1.58. The van der Waals surface area contributed by atoms with Crippen LogP contribution in [-0.2, 0) is 7.05 Å². The van der Waals surface area contributed by atoms with Gasteiger partial charge < -0.3 is 15.5 Å². The first-order chi connectivity index (χ1) is 9.04. The third kappa shape index (κ3) is 2.50. The van der Waals surface area contributed by atoms with Crippen LogP contribution in [0.5, 0.6) is 0 Å². The van der Waals surface area contributed by atoms with Crippen LogP contribution in [0.4, 0.5) is 0 Å². The minimum absolute atomic E-state index is 0.000156. The standard InChI is InChI=1S/C10H13N7OS/c1-5-6(2)13-14-9(7(5)8(11)16-18)19-10-15-12-4-17(10)3/h4,18H,1-3H3,(H2,11,16). The molecule has 9 heteroatoms. The predicted octanol–water partition coefficient (Wildman–Crippen LogP) is 0.468. The van der Waals surface area contributed by atoms with Crippen molar-refractivity contribution < 1.29 is 5.21 Å². The molecule has 0 aliphatic carbocycles. The van der Waals surface area contributed by atoms with Crippen molar-refractivity contribution in [1.29, 1.82) is 0 Å². The molecule has 3 N–H and O–H groups in total. The molecule has 0 saturated heterocycles. The molecule has 0 atom stereocenters. The Hall–Kier alpha value is -2.16. The highest BCUT2D eigenvalue weighted by Crippen LogP contribution is 2.28. The Balaban J connectivity index is 2.52. The lowest BCUT2D eigenvalue weighted by Gasteiger charge is -2.10. The van der Waals surface area contributed by atoms with Gasteiger partial charge in [-0.1, -0.05) is 5.16 Å². The first-order valence-electron chi connectivity index (χ1n) is 5.38. The molecule has 0 aliphatic heterocycles. The van der Waals surface area contributed by atoms with Gasteiger partial charge in [0.1, 0.15) is 11.4 Å². The highest BCUT2D eigenvalue weighted by molar-refractivity contribution is 7.99. The maximum atomic E-state index is 8.88. The zero-order valence-electron chi connectivity index (χ0n) is 10.7. The fraction of sp³-hybridized carbons (Fsp3) is 0.300. The number of amidine groups is 1. The van der Waals surface area contributed by atoms with Gasteiger partial charge in [0.25, 0.3) is 0 Å². The van der Waals surface area contributed by atoms with Crippen LogP contribution in [0.2, 0.25) is 0 Å². The SMILES string of the molecule is Cc1nnc(Sc2nncn2C)c(/C(N)=N/O)c1C. The number of aryl methyl sites for hydroxylation is 2. The van der Waals surface area contributed by atoms with Gasteiger partial charge in [-0.25, -0.2) is 0 Å². The summed E-state index contributed by atoms with van der Waals surface area (Å²) < 4.78 is 1.75. The topological polar surface area (TPSA) is 115 Å². The second kappa shape index (κ2) is 5.22. The third-order valence-corrected chi connectivity index (χ3v) is 3.68. The van der Waals surface area contributed by atoms with Crippen molar-refractivity contribution in [3.05, 3.63) is 23.1 Å². The van der Waals surface area contributed by atoms with Gasteiger partial charge in [0.15, 0.2) is 11.0 Å². The zero-order chi connectivity index (χ0) is 14.0. The summed E-state index contributed by atoms with van der Waals surface area (Å²) in [5.41, 5.74) is 7.81. The van der Waals surface area contributed by atoms with Gasteiger partial charge in [0.2, 0.25) is 0 Å². The molecule has 0 aliphatic rings. The Bertz CT molecular complexity index is 637. The molecule has 19 heavy (non-hydrogen) atoms. The highest BCUT2D eigenvalue weighted by atomic mass is 32.2. The summed E-state index contributed by atoms with van der Waals surface area (Å²) in [5, 5.41) is 29.0. The Labute approximate surface area is 113 Å². The molecule has 2 heterocycles. The quantitative estimate of drug-likeness (QED) is 0.363. The van der Waals surface area contributed by atoms with Crippen LogP contribution in [0.3, 0.4) is 0 Å². The first-order valence-corrected chi connectivity index (χ1v) is 6.20. The second-order valence-electron chi connectivity index (χ2n) is 3.90. The van der Waals surface area contributed by atoms with Gasteiger partial charge in [0.05, 0.1) is 11.3 Å². The van der Waals surface area contributed by atoms with E-state index in [9.17, 15) is 0 Å². The van der Waals surface area contributed by atoms with Gasteiger partial charge in [0, 0.05) is 7.05 Å². The third-order valence-electron chi connectivity index (χ3n) is 2.64. The van der Waals surface area contributed by atoms with Crippen molar-refractivity contribution in [3.63, 3.8) is 0 Å². The molecule has 0 fully saturated rings. The molecule has 2 rings (SSSR count). The van der Waals surface area contributed by atoms with Crippen LogP contribution < -0.4 is 5.73 Å². The maximum Gasteiger partial charge on any atom is 0.197 e. The Morgan fingerprint density at radius 2 is 2.11 bits per heavy atom. The average Bonchev–Trinajstić information content (AvgIpc) is 2.79. The molecule has 0 bridgehead atoms. The largest absolute Gasteiger partial charge is 0.409 e. The molecule has 0 amide bonds. The molecule has 100 valence electrons. The smallest absolute Gasteiger partial charge is 0.197 e. The normalized spacial score (nSPS) is 11.8. The summed E-state index contributed by atoms with van der Waals surface area (Å²) in [6, 6.07) is 0. The van der Waals surface area contributed by atoms with E-state index >= 15 is 0 Å². The molecule has 8 nitrogen and oxygen atoms in total. The average molecular weight is 279 g/mol. The van der Waals surface area contributed by atoms with E-state index in [1.54, 1.807) is 10.9 Å². The van der Waals surface area contributed by atoms with Crippen molar-refractivity contribution >= 4 is 17.6 Å². The Morgan fingerprint density at radius 3 is 2.68 bits per heavy atom. The summed E-state index contributed by atoms with van der Waals surface area (Å²) in [4.78, 5) is 0.